The molecule has 1 heterocycles. The molecule has 1 aromatic carbocycles. The maximum atomic E-state index is 10.8. The number of carboxylic acids is 1. The molecule has 5 heteroatoms. The van der Waals surface area contributed by atoms with E-state index in [1.807, 2.05) is 31.2 Å². The van der Waals surface area contributed by atoms with Gasteiger partial charge in [-0.1, -0.05) is 25.1 Å². The van der Waals surface area contributed by atoms with E-state index in [9.17, 15) is 10.1 Å². The quantitative estimate of drug-likeness (QED) is 0.871. The van der Waals surface area contributed by atoms with Crippen LogP contribution >= 0.6 is 0 Å². The Balaban J connectivity index is 2.37. The van der Waals surface area contributed by atoms with Crippen molar-refractivity contribution in [3.63, 3.8) is 0 Å². The van der Waals surface area contributed by atoms with Crippen LogP contribution in [0.3, 0.4) is 0 Å². The molecule has 0 bridgehead atoms. The van der Waals surface area contributed by atoms with Crippen molar-refractivity contribution in [3.8, 4) is 6.07 Å². The molecule has 102 valence electrons. The third-order valence-corrected chi connectivity index (χ3v) is 3.10. The standard InChI is InChI=1S/C15H15N3O2/c1-2-12(8-14(19)20)17-15-11(9-16)7-10-5-3-4-6-13(10)18-15/h3-7,12H,2,8H2,1H3,(H,17,18)(H,19,20). The van der Waals surface area contributed by atoms with Gasteiger partial charge in [0, 0.05) is 11.4 Å². The first-order valence-electron chi connectivity index (χ1n) is 6.42. The van der Waals surface area contributed by atoms with Gasteiger partial charge in [0.05, 0.1) is 17.5 Å². The predicted molar refractivity (Wildman–Crippen MR) is 76.4 cm³/mol. The number of fused-ring (bicyclic) bond motifs is 1. The number of carbonyl (C=O) groups is 1. The van der Waals surface area contributed by atoms with Crippen LogP contribution < -0.4 is 5.32 Å². The van der Waals surface area contributed by atoms with Crippen LogP contribution in [0.5, 0.6) is 0 Å². The molecule has 2 rings (SSSR count). The highest BCUT2D eigenvalue weighted by molar-refractivity contribution is 5.83. The largest absolute Gasteiger partial charge is 0.481 e. The van der Waals surface area contributed by atoms with Gasteiger partial charge >= 0.3 is 5.97 Å². The van der Waals surface area contributed by atoms with Crippen LogP contribution in [-0.2, 0) is 4.79 Å². The fourth-order valence-corrected chi connectivity index (χ4v) is 2.01. The molecule has 20 heavy (non-hydrogen) atoms. The van der Waals surface area contributed by atoms with Gasteiger partial charge in [0.15, 0.2) is 0 Å². The molecule has 2 aromatic rings. The van der Waals surface area contributed by atoms with E-state index in [1.54, 1.807) is 6.07 Å². The molecular weight excluding hydrogens is 254 g/mol. The first-order valence-corrected chi connectivity index (χ1v) is 6.42. The number of nitriles is 1. The molecule has 0 amide bonds. The zero-order valence-corrected chi connectivity index (χ0v) is 11.1. The van der Waals surface area contributed by atoms with Gasteiger partial charge in [0.1, 0.15) is 11.9 Å². The molecule has 0 aliphatic heterocycles. The number of hydrogen-bond acceptors (Lipinski definition) is 4. The molecule has 1 unspecified atom stereocenters. The van der Waals surface area contributed by atoms with Gasteiger partial charge in [-0.2, -0.15) is 5.26 Å². The Morgan fingerprint density at radius 3 is 2.90 bits per heavy atom. The van der Waals surface area contributed by atoms with Crippen molar-refractivity contribution >= 4 is 22.7 Å². The first kappa shape index (κ1) is 13.8. The number of nitrogens with one attached hydrogen (secondary N) is 1. The van der Waals surface area contributed by atoms with E-state index in [-0.39, 0.29) is 12.5 Å². The predicted octanol–water partition coefficient (Wildman–Crippen LogP) is 2.77. The number of hydrogen-bond donors (Lipinski definition) is 2. The van der Waals surface area contributed by atoms with Gasteiger partial charge in [0.25, 0.3) is 0 Å². The Morgan fingerprint density at radius 2 is 2.25 bits per heavy atom. The minimum Gasteiger partial charge on any atom is -0.481 e. The van der Waals surface area contributed by atoms with E-state index >= 15 is 0 Å². The average Bonchev–Trinajstić information content (AvgIpc) is 2.45. The summed E-state index contributed by atoms with van der Waals surface area (Å²) in [7, 11) is 0. The summed E-state index contributed by atoms with van der Waals surface area (Å²) in [6, 6.07) is 11.1. The average molecular weight is 269 g/mol. The van der Waals surface area contributed by atoms with Crippen LogP contribution in [0.25, 0.3) is 10.9 Å². The summed E-state index contributed by atoms with van der Waals surface area (Å²) in [4.78, 5) is 15.2. The van der Waals surface area contributed by atoms with Gasteiger partial charge in [-0.3, -0.25) is 4.79 Å². The highest BCUT2D eigenvalue weighted by Gasteiger charge is 2.14. The third kappa shape index (κ3) is 3.04. The van der Waals surface area contributed by atoms with Crippen LogP contribution in [-0.4, -0.2) is 22.1 Å². The van der Waals surface area contributed by atoms with E-state index in [2.05, 4.69) is 16.4 Å². The summed E-state index contributed by atoms with van der Waals surface area (Å²) in [5, 5.41) is 22.0. The Labute approximate surface area is 116 Å². The lowest BCUT2D eigenvalue weighted by atomic mass is 10.1. The van der Waals surface area contributed by atoms with Crippen molar-refractivity contribution < 1.29 is 9.90 Å². The van der Waals surface area contributed by atoms with Crippen LogP contribution in [0.15, 0.2) is 30.3 Å². The van der Waals surface area contributed by atoms with Crippen LogP contribution in [0.1, 0.15) is 25.3 Å². The first-order chi connectivity index (χ1) is 9.63. The molecule has 2 N–H and O–H groups in total. The highest BCUT2D eigenvalue weighted by Crippen LogP contribution is 2.21. The van der Waals surface area contributed by atoms with Gasteiger partial charge in [-0.15, -0.1) is 0 Å². The number of nitrogens with zero attached hydrogens (tertiary/aromatic N) is 2. The van der Waals surface area contributed by atoms with Crippen LogP contribution in [0, 0.1) is 11.3 Å². The Bertz CT molecular complexity index is 676. The monoisotopic (exact) mass is 269 g/mol. The number of aliphatic carboxylic acids is 1. The van der Waals surface area contributed by atoms with Gasteiger partial charge < -0.3 is 10.4 Å². The Hall–Kier alpha value is -2.61. The zero-order chi connectivity index (χ0) is 14.5. The number of benzene rings is 1. The van der Waals surface area contributed by atoms with Crippen molar-refractivity contribution in [1.29, 1.82) is 5.26 Å². The van der Waals surface area contributed by atoms with Crippen LogP contribution in [0.2, 0.25) is 0 Å². The highest BCUT2D eigenvalue weighted by atomic mass is 16.4. The van der Waals surface area contributed by atoms with Gasteiger partial charge in [0.2, 0.25) is 0 Å². The molecule has 0 spiro atoms. The number of para-hydroxylation sites is 1. The Morgan fingerprint density at radius 1 is 1.50 bits per heavy atom. The number of aromatic nitrogens is 1. The molecular formula is C15H15N3O2. The second kappa shape index (κ2) is 6.02. The second-order valence-electron chi connectivity index (χ2n) is 4.54. The van der Waals surface area contributed by atoms with Crippen LogP contribution in [0.4, 0.5) is 5.82 Å². The van der Waals surface area contributed by atoms with Crippen molar-refractivity contribution in [2.75, 3.05) is 5.32 Å². The minimum absolute atomic E-state index is 0.00409. The number of rotatable bonds is 5. The van der Waals surface area contributed by atoms with Crippen molar-refractivity contribution in [2.45, 2.75) is 25.8 Å². The van der Waals surface area contributed by atoms with Gasteiger partial charge in [-0.05, 0) is 18.6 Å². The molecule has 1 aromatic heterocycles. The summed E-state index contributed by atoms with van der Waals surface area (Å²) in [6.07, 6.45) is 0.640. The lowest BCUT2D eigenvalue weighted by Gasteiger charge is -2.16. The fraction of sp³-hybridized carbons (Fsp3) is 0.267. The molecule has 0 saturated carbocycles. The molecule has 5 nitrogen and oxygen atoms in total. The number of anilines is 1. The van der Waals surface area contributed by atoms with Gasteiger partial charge in [-0.25, -0.2) is 4.98 Å². The summed E-state index contributed by atoms with van der Waals surface area (Å²) in [6.45, 7) is 1.90. The number of carboxylic acid groups (broad SMARTS) is 1. The maximum absolute atomic E-state index is 10.8. The SMILES string of the molecule is CCC(CC(=O)O)Nc1nc2ccccc2cc1C#N. The zero-order valence-electron chi connectivity index (χ0n) is 11.1. The maximum Gasteiger partial charge on any atom is 0.305 e. The molecule has 0 saturated heterocycles. The minimum atomic E-state index is -0.872. The molecule has 0 aliphatic rings. The number of pyridine rings is 1. The van der Waals surface area contributed by atoms with E-state index in [4.69, 9.17) is 5.11 Å². The van der Waals surface area contributed by atoms with Crippen molar-refractivity contribution in [2.24, 2.45) is 0 Å². The second-order valence-corrected chi connectivity index (χ2v) is 4.54. The summed E-state index contributed by atoms with van der Waals surface area (Å²) in [5.74, 6) is -0.428. The van der Waals surface area contributed by atoms with E-state index in [0.29, 0.717) is 17.8 Å². The summed E-state index contributed by atoms with van der Waals surface area (Å²) in [5.41, 5.74) is 1.20. The smallest absolute Gasteiger partial charge is 0.305 e. The Kier molecular flexibility index (Phi) is 4.16. The fourth-order valence-electron chi connectivity index (χ4n) is 2.01. The normalized spacial score (nSPS) is 11.8. The van der Waals surface area contributed by atoms with E-state index in [1.165, 1.54) is 0 Å². The summed E-state index contributed by atoms with van der Waals surface area (Å²) < 4.78 is 0. The lowest BCUT2D eigenvalue weighted by molar-refractivity contribution is -0.137. The molecule has 0 radical (unpaired) electrons. The summed E-state index contributed by atoms with van der Waals surface area (Å²) >= 11 is 0. The lowest BCUT2D eigenvalue weighted by Crippen LogP contribution is -2.23. The van der Waals surface area contributed by atoms with E-state index < -0.39 is 5.97 Å². The van der Waals surface area contributed by atoms with Crippen molar-refractivity contribution in [1.82, 2.24) is 4.98 Å². The molecule has 1 atom stereocenters. The molecule has 0 aliphatic carbocycles. The van der Waals surface area contributed by atoms with E-state index in [0.717, 1.165) is 10.9 Å². The van der Waals surface area contributed by atoms with Crippen molar-refractivity contribution in [3.05, 3.63) is 35.9 Å². The molecule has 0 fully saturated rings. The topological polar surface area (TPSA) is 86.0 Å². The third-order valence-electron chi connectivity index (χ3n) is 3.10.